The van der Waals surface area contributed by atoms with E-state index in [9.17, 15) is 4.79 Å². The van der Waals surface area contributed by atoms with Gasteiger partial charge in [-0.05, 0) is 60.9 Å². The number of rotatable bonds is 24. The molecular weight excluding hydrogens is 697 g/mol. The van der Waals surface area contributed by atoms with Crippen molar-refractivity contribution in [1.82, 2.24) is 0 Å². The quantitative estimate of drug-likeness (QED) is 0.0254. The largest absolute Gasteiger partial charge is 0.497 e. The van der Waals surface area contributed by atoms with Gasteiger partial charge in [-0.25, -0.2) is 0 Å². The summed E-state index contributed by atoms with van der Waals surface area (Å²) in [6.45, 7) is 34.7. The minimum Gasteiger partial charge on any atom is -0.497 e. The van der Waals surface area contributed by atoms with Crippen molar-refractivity contribution in [3.8, 4) is 5.75 Å². The number of benzene rings is 1. The Balaban J connectivity index is 2.54. The maximum atomic E-state index is 12.9. The Hall–Kier alpha value is -1.62. The molecule has 0 saturated carbocycles. The zero-order valence-electron chi connectivity index (χ0n) is 35.1. The van der Waals surface area contributed by atoms with Crippen LogP contribution in [0, 0.1) is 17.8 Å². The van der Waals surface area contributed by atoms with E-state index in [4.69, 9.17) is 42.0 Å². The first-order chi connectivity index (χ1) is 24.0. The molecule has 10 nitrogen and oxygen atoms in total. The van der Waals surface area contributed by atoms with Gasteiger partial charge in [0.2, 0.25) is 0 Å². The summed E-state index contributed by atoms with van der Waals surface area (Å²) in [7, 11) is -1.40. The van der Waals surface area contributed by atoms with Crippen molar-refractivity contribution in [2.75, 3.05) is 54.0 Å². The molecule has 1 aromatic rings. The summed E-state index contributed by atoms with van der Waals surface area (Å²) < 4.78 is 55.6. The molecule has 0 aliphatic carbocycles. The van der Waals surface area contributed by atoms with Gasteiger partial charge in [0.15, 0.2) is 16.6 Å². The third-order valence-corrected chi connectivity index (χ3v) is 20.2. The predicted octanol–water partition coefficient (Wildman–Crippen LogP) is 8.40. The van der Waals surface area contributed by atoms with Gasteiger partial charge in [-0.2, -0.15) is 0 Å². The first-order valence-corrected chi connectivity index (χ1v) is 24.5. The lowest BCUT2D eigenvalue weighted by atomic mass is 9.80. The van der Waals surface area contributed by atoms with Crippen LogP contribution in [0.1, 0.15) is 67.9 Å². The first-order valence-electron chi connectivity index (χ1n) is 18.7. The van der Waals surface area contributed by atoms with Crippen molar-refractivity contribution in [2.45, 2.75) is 129 Å². The van der Waals surface area contributed by atoms with Crippen molar-refractivity contribution in [1.29, 1.82) is 0 Å². The smallest absolute Gasteiger partial charge is 0.302 e. The Kier molecular flexibility index (Phi) is 17.7. The second kappa shape index (κ2) is 19.8. The van der Waals surface area contributed by atoms with E-state index in [1.165, 1.54) is 6.92 Å². The SMILES string of the molecule is C=C[C@@H](COCOCCOC)[C@@H](OC(C)=O)[C@H](CO[Si](C)(C)C(C)(C)C)[C@H](O[Si](C)(C)C(C)(C)C)C1(C)O[C@@H]1[C@@H](C)COCc1ccc(OC)cc1. The molecule has 1 fully saturated rings. The van der Waals surface area contributed by atoms with Crippen molar-refractivity contribution < 1.29 is 46.8 Å². The Morgan fingerprint density at radius 2 is 1.54 bits per heavy atom. The first kappa shape index (κ1) is 46.5. The Labute approximate surface area is 317 Å². The number of hydrogen-bond donors (Lipinski definition) is 0. The van der Waals surface area contributed by atoms with Gasteiger partial charge in [0, 0.05) is 38.4 Å². The van der Waals surface area contributed by atoms with Crippen LogP contribution in [0.2, 0.25) is 36.3 Å². The third kappa shape index (κ3) is 13.3. The zero-order valence-corrected chi connectivity index (χ0v) is 37.1. The third-order valence-electron chi connectivity index (χ3n) is 11.2. The number of hydrogen-bond acceptors (Lipinski definition) is 10. The van der Waals surface area contributed by atoms with Gasteiger partial charge < -0.3 is 42.0 Å². The van der Waals surface area contributed by atoms with E-state index in [0.29, 0.717) is 33.0 Å². The molecule has 0 bridgehead atoms. The predicted molar refractivity (Wildman–Crippen MR) is 212 cm³/mol. The van der Waals surface area contributed by atoms with E-state index in [-0.39, 0.29) is 41.4 Å². The lowest BCUT2D eigenvalue weighted by Crippen LogP contribution is -2.57. The number of carbonyl (C=O) groups is 1. The van der Waals surface area contributed by atoms with Gasteiger partial charge in [-0.3, -0.25) is 4.79 Å². The van der Waals surface area contributed by atoms with Crippen LogP contribution in [0.25, 0.3) is 0 Å². The molecule has 1 aromatic carbocycles. The van der Waals surface area contributed by atoms with Gasteiger partial charge in [0.05, 0.1) is 52.4 Å². The van der Waals surface area contributed by atoms with Gasteiger partial charge in [-0.15, -0.1) is 6.58 Å². The average Bonchev–Trinajstić information content (AvgIpc) is 3.75. The highest BCUT2D eigenvalue weighted by atomic mass is 28.4. The van der Waals surface area contributed by atoms with Crippen molar-refractivity contribution >= 4 is 22.6 Å². The van der Waals surface area contributed by atoms with E-state index in [0.717, 1.165) is 11.3 Å². The fourth-order valence-electron chi connectivity index (χ4n) is 5.75. The summed E-state index contributed by atoms with van der Waals surface area (Å²) in [5, 5.41) is -0.135. The number of esters is 1. The lowest BCUT2D eigenvalue weighted by molar-refractivity contribution is -0.161. The molecule has 0 aromatic heterocycles. The van der Waals surface area contributed by atoms with Crippen LogP contribution in [0.3, 0.4) is 0 Å². The molecule has 2 rings (SSSR count). The van der Waals surface area contributed by atoms with Gasteiger partial charge >= 0.3 is 5.97 Å². The summed E-state index contributed by atoms with van der Waals surface area (Å²) in [6.07, 6.45) is 0.502. The van der Waals surface area contributed by atoms with Crippen LogP contribution in [0.4, 0.5) is 0 Å². The summed E-state index contributed by atoms with van der Waals surface area (Å²) in [5.41, 5.74) is 0.370. The fraction of sp³-hybridized carbons (Fsp3) is 0.775. The van der Waals surface area contributed by atoms with E-state index in [1.54, 1.807) is 20.3 Å². The molecule has 1 saturated heterocycles. The number of ether oxygens (including phenoxy) is 7. The van der Waals surface area contributed by atoms with E-state index in [2.05, 4.69) is 88.2 Å². The molecule has 1 unspecified atom stereocenters. The van der Waals surface area contributed by atoms with Crippen LogP contribution >= 0.6 is 0 Å². The van der Waals surface area contributed by atoms with Gasteiger partial charge in [-0.1, -0.05) is 66.7 Å². The van der Waals surface area contributed by atoms with Gasteiger partial charge in [0.25, 0.3) is 0 Å². The van der Waals surface area contributed by atoms with E-state index in [1.807, 2.05) is 24.3 Å². The maximum Gasteiger partial charge on any atom is 0.302 e. The van der Waals surface area contributed by atoms with Crippen LogP contribution < -0.4 is 4.74 Å². The van der Waals surface area contributed by atoms with E-state index >= 15 is 0 Å². The standard InChI is InChI=1S/C40H72O10Si2/c1-17-32(26-46-28-44-23-22-42-11)35(48-30(3)41)34(27-47-51(13,14)38(4,5)6)37(50-52(15,16)39(7,8)9)40(10)36(49-40)29(2)24-45-25-31-18-20-33(43-12)21-19-31/h17-21,29,32,34-37H,1,22-28H2,2-16H3/t29-,32-,34-,35+,36+,37-,40?/m0/s1. The van der Waals surface area contributed by atoms with Crippen LogP contribution in [0.15, 0.2) is 36.9 Å². The highest BCUT2D eigenvalue weighted by Gasteiger charge is 2.65. The molecule has 7 atom stereocenters. The Morgan fingerprint density at radius 1 is 0.923 bits per heavy atom. The monoisotopic (exact) mass is 768 g/mol. The van der Waals surface area contributed by atoms with Crippen LogP contribution in [-0.2, 0) is 48.7 Å². The summed E-state index contributed by atoms with van der Waals surface area (Å²) in [4.78, 5) is 12.9. The summed E-state index contributed by atoms with van der Waals surface area (Å²) in [6, 6.07) is 7.90. The molecule has 0 amide bonds. The van der Waals surface area contributed by atoms with Crippen LogP contribution in [0.5, 0.6) is 5.75 Å². The molecule has 1 aliphatic heterocycles. The molecule has 0 radical (unpaired) electrons. The normalized spacial score (nSPS) is 21.2. The Morgan fingerprint density at radius 3 is 2.06 bits per heavy atom. The minimum absolute atomic E-state index is 0.0387. The van der Waals surface area contributed by atoms with Crippen molar-refractivity contribution in [3.63, 3.8) is 0 Å². The molecule has 1 heterocycles. The molecule has 52 heavy (non-hydrogen) atoms. The lowest BCUT2D eigenvalue weighted by Gasteiger charge is -2.46. The highest BCUT2D eigenvalue weighted by Crippen LogP contribution is 2.52. The van der Waals surface area contributed by atoms with Crippen LogP contribution in [-0.4, -0.2) is 101 Å². The molecule has 0 spiro atoms. The molecule has 12 heteroatoms. The second-order valence-electron chi connectivity index (χ2n) is 17.5. The molecule has 0 N–H and O–H groups in total. The molecule has 300 valence electrons. The van der Waals surface area contributed by atoms with Gasteiger partial charge in [0.1, 0.15) is 24.2 Å². The van der Waals surface area contributed by atoms with E-state index < -0.39 is 46.3 Å². The highest BCUT2D eigenvalue weighted by molar-refractivity contribution is 6.74. The molecule has 1 aliphatic rings. The summed E-state index contributed by atoms with van der Waals surface area (Å²) >= 11 is 0. The minimum atomic E-state index is -2.42. The fourth-order valence-corrected chi connectivity index (χ4v) is 8.19. The number of methoxy groups -OCH3 is 2. The zero-order chi connectivity index (χ0) is 39.5. The topological polar surface area (TPSA) is 103 Å². The maximum absolute atomic E-state index is 12.9. The number of carbonyl (C=O) groups excluding carboxylic acids is 1. The Bertz CT molecular complexity index is 1230. The second-order valence-corrected chi connectivity index (χ2v) is 27.0. The van der Waals surface area contributed by atoms with Crippen molar-refractivity contribution in [2.24, 2.45) is 17.8 Å². The average molecular weight is 769 g/mol. The summed E-state index contributed by atoms with van der Waals surface area (Å²) in [5.74, 6) is -0.303. The number of epoxide rings is 1. The van der Waals surface area contributed by atoms with Crippen molar-refractivity contribution in [3.05, 3.63) is 42.5 Å². The molecular formula is C40H72O10Si2.